The lowest BCUT2D eigenvalue weighted by atomic mass is 10.1. The van der Waals surface area contributed by atoms with Gasteiger partial charge in [0.25, 0.3) is 5.91 Å². The zero-order valence-corrected chi connectivity index (χ0v) is 15.9. The van der Waals surface area contributed by atoms with Crippen LogP contribution in [0.5, 0.6) is 0 Å². The van der Waals surface area contributed by atoms with Crippen LogP contribution >= 0.6 is 0 Å². The number of nitrogens with two attached hydrogens (primary N) is 1. The van der Waals surface area contributed by atoms with Gasteiger partial charge in [-0.05, 0) is 24.2 Å². The maximum absolute atomic E-state index is 12.5. The fourth-order valence-corrected chi connectivity index (χ4v) is 2.93. The van der Waals surface area contributed by atoms with Gasteiger partial charge >= 0.3 is 0 Å². The van der Waals surface area contributed by atoms with Crippen LogP contribution in [0.2, 0.25) is 0 Å². The number of hydrogen-bond donors (Lipinski definition) is 2. The number of carbonyl (C=O) groups excluding carboxylic acids is 1. The Balaban J connectivity index is 1.69. The van der Waals surface area contributed by atoms with E-state index in [-0.39, 0.29) is 5.91 Å². The highest BCUT2D eigenvalue weighted by molar-refractivity contribution is 5.99. The molecule has 7 nitrogen and oxygen atoms in total. The monoisotopic (exact) mass is 366 g/mol. The number of fused-ring (bicyclic) bond motifs is 1. The second-order valence-electron chi connectivity index (χ2n) is 6.45. The first-order valence-corrected chi connectivity index (χ1v) is 9.25. The molecule has 2 aromatic heterocycles. The average Bonchev–Trinajstić information content (AvgIpc) is 3.14. The predicted octanol–water partition coefficient (Wildman–Crippen LogP) is 1.96. The molecule has 0 unspecified atom stereocenters. The van der Waals surface area contributed by atoms with Gasteiger partial charge in [-0.3, -0.25) is 9.69 Å². The van der Waals surface area contributed by atoms with E-state index < -0.39 is 0 Å². The normalized spacial score (nSPS) is 11.3. The number of hydrogen-bond acceptors (Lipinski definition) is 5. The lowest BCUT2D eigenvalue weighted by Crippen LogP contribution is -2.23. The van der Waals surface area contributed by atoms with Gasteiger partial charge in [-0.1, -0.05) is 38.1 Å². The van der Waals surface area contributed by atoms with Crippen LogP contribution in [-0.2, 0) is 19.6 Å². The van der Waals surface area contributed by atoms with E-state index in [0.717, 1.165) is 36.3 Å². The SMILES string of the molecule is CCN(CC)Cc1cnc2c(C(=O)NCc3ccc(CN)cc3)cnn2c1. The third-order valence-electron chi connectivity index (χ3n) is 4.67. The van der Waals surface area contributed by atoms with E-state index in [1.54, 1.807) is 10.7 Å². The third kappa shape index (κ3) is 4.50. The highest BCUT2D eigenvalue weighted by Crippen LogP contribution is 2.11. The van der Waals surface area contributed by atoms with Gasteiger partial charge in [0.2, 0.25) is 0 Å². The van der Waals surface area contributed by atoms with E-state index in [9.17, 15) is 4.79 Å². The minimum atomic E-state index is -0.183. The molecule has 0 aliphatic heterocycles. The smallest absolute Gasteiger partial charge is 0.257 e. The summed E-state index contributed by atoms with van der Waals surface area (Å²) < 4.78 is 1.67. The highest BCUT2D eigenvalue weighted by Gasteiger charge is 2.14. The largest absolute Gasteiger partial charge is 0.348 e. The van der Waals surface area contributed by atoms with E-state index in [1.807, 2.05) is 36.7 Å². The van der Waals surface area contributed by atoms with Crippen molar-refractivity contribution in [3.05, 3.63) is 65.1 Å². The molecule has 2 heterocycles. The molecule has 0 fully saturated rings. The van der Waals surface area contributed by atoms with Gasteiger partial charge in [0, 0.05) is 37.6 Å². The summed E-state index contributed by atoms with van der Waals surface area (Å²) in [5.41, 5.74) is 9.80. The number of aromatic nitrogens is 3. The molecule has 3 aromatic rings. The molecule has 0 radical (unpaired) electrons. The number of benzene rings is 1. The molecule has 0 aliphatic rings. The Kier molecular flexibility index (Phi) is 6.16. The molecular weight excluding hydrogens is 340 g/mol. The molecule has 27 heavy (non-hydrogen) atoms. The third-order valence-corrected chi connectivity index (χ3v) is 4.67. The molecule has 0 bridgehead atoms. The molecule has 1 aromatic carbocycles. The summed E-state index contributed by atoms with van der Waals surface area (Å²) in [7, 11) is 0. The fourth-order valence-electron chi connectivity index (χ4n) is 2.93. The van der Waals surface area contributed by atoms with Gasteiger partial charge in [0.15, 0.2) is 5.65 Å². The molecule has 3 rings (SSSR count). The zero-order valence-electron chi connectivity index (χ0n) is 15.9. The van der Waals surface area contributed by atoms with Crippen LogP contribution in [0.4, 0.5) is 0 Å². The summed E-state index contributed by atoms with van der Waals surface area (Å²) in [6.45, 7) is 8.00. The Morgan fingerprint density at radius 1 is 1.11 bits per heavy atom. The van der Waals surface area contributed by atoms with Gasteiger partial charge in [-0.15, -0.1) is 0 Å². The Bertz CT molecular complexity index is 898. The van der Waals surface area contributed by atoms with Crippen molar-refractivity contribution in [1.29, 1.82) is 0 Å². The molecule has 0 saturated heterocycles. The van der Waals surface area contributed by atoms with Crippen molar-refractivity contribution >= 4 is 11.6 Å². The molecule has 142 valence electrons. The molecule has 0 aliphatic carbocycles. The van der Waals surface area contributed by atoms with Crippen LogP contribution in [0.3, 0.4) is 0 Å². The fraction of sp³-hybridized carbons (Fsp3) is 0.350. The second kappa shape index (κ2) is 8.75. The van der Waals surface area contributed by atoms with Gasteiger partial charge in [0.05, 0.1) is 6.20 Å². The van der Waals surface area contributed by atoms with Gasteiger partial charge in [0.1, 0.15) is 5.56 Å². The highest BCUT2D eigenvalue weighted by atomic mass is 16.1. The molecule has 7 heteroatoms. The number of carbonyl (C=O) groups is 1. The van der Waals surface area contributed by atoms with Crippen molar-refractivity contribution in [2.45, 2.75) is 33.5 Å². The summed E-state index contributed by atoms with van der Waals surface area (Å²) in [6.07, 6.45) is 5.32. The molecule has 0 spiro atoms. The Hall–Kier alpha value is -2.77. The van der Waals surface area contributed by atoms with Gasteiger partial charge in [-0.2, -0.15) is 5.10 Å². The van der Waals surface area contributed by atoms with Crippen LogP contribution in [0, 0.1) is 0 Å². The summed E-state index contributed by atoms with van der Waals surface area (Å²) in [5.74, 6) is -0.183. The second-order valence-corrected chi connectivity index (χ2v) is 6.45. The number of rotatable bonds is 8. The molecule has 1 amide bonds. The number of nitrogens with one attached hydrogen (secondary N) is 1. The molecule has 0 atom stereocenters. The first-order chi connectivity index (χ1) is 13.1. The summed E-state index contributed by atoms with van der Waals surface area (Å²) in [5, 5.41) is 7.22. The van der Waals surface area contributed by atoms with Crippen molar-refractivity contribution in [3.8, 4) is 0 Å². The van der Waals surface area contributed by atoms with Crippen molar-refractivity contribution in [2.24, 2.45) is 5.73 Å². The molecular formula is C20H26N6O. The van der Waals surface area contributed by atoms with E-state index in [2.05, 4.69) is 34.1 Å². The lowest BCUT2D eigenvalue weighted by molar-refractivity contribution is 0.0952. The van der Waals surface area contributed by atoms with Crippen molar-refractivity contribution in [3.63, 3.8) is 0 Å². The average molecular weight is 366 g/mol. The van der Waals surface area contributed by atoms with Crippen LogP contribution < -0.4 is 11.1 Å². The van der Waals surface area contributed by atoms with E-state index in [4.69, 9.17) is 5.73 Å². The predicted molar refractivity (Wildman–Crippen MR) is 105 cm³/mol. The standard InChI is InChI=1S/C20H26N6O/c1-3-25(4-2)13-17-11-22-19-18(12-24-26(19)14-17)20(27)23-10-16-7-5-15(9-21)6-8-16/h5-8,11-12,14H,3-4,9-10,13,21H2,1-2H3,(H,23,27). The van der Waals surface area contributed by atoms with Crippen molar-refractivity contribution in [1.82, 2.24) is 24.8 Å². The van der Waals surface area contributed by atoms with Gasteiger partial charge < -0.3 is 11.1 Å². The zero-order chi connectivity index (χ0) is 19.2. The van der Waals surface area contributed by atoms with Crippen molar-refractivity contribution in [2.75, 3.05) is 13.1 Å². The number of nitrogens with zero attached hydrogens (tertiary/aromatic N) is 4. The first kappa shape index (κ1) is 19.0. The van der Waals surface area contributed by atoms with Gasteiger partial charge in [-0.25, -0.2) is 9.50 Å². The van der Waals surface area contributed by atoms with Crippen molar-refractivity contribution < 1.29 is 4.79 Å². The van der Waals surface area contributed by atoms with Crippen LogP contribution in [0.1, 0.15) is 40.9 Å². The number of amides is 1. The van der Waals surface area contributed by atoms with Crippen LogP contribution in [0.15, 0.2) is 42.9 Å². The Morgan fingerprint density at radius 3 is 2.48 bits per heavy atom. The van der Waals surface area contributed by atoms with E-state index >= 15 is 0 Å². The topological polar surface area (TPSA) is 88.5 Å². The Morgan fingerprint density at radius 2 is 1.81 bits per heavy atom. The van der Waals surface area contributed by atoms with E-state index in [1.165, 1.54) is 0 Å². The maximum atomic E-state index is 12.5. The summed E-state index contributed by atoms with van der Waals surface area (Å²) in [6, 6.07) is 7.87. The minimum Gasteiger partial charge on any atom is -0.348 e. The van der Waals surface area contributed by atoms with Crippen LogP contribution in [-0.4, -0.2) is 38.5 Å². The first-order valence-electron chi connectivity index (χ1n) is 9.25. The Labute approximate surface area is 159 Å². The summed E-state index contributed by atoms with van der Waals surface area (Å²) in [4.78, 5) is 19.3. The lowest BCUT2D eigenvalue weighted by Gasteiger charge is -2.17. The molecule has 3 N–H and O–H groups in total. The van der Waals surface area contributed by atoms with E-state index in [0.29, 0.717) is 24.3 Å². The molecule has 0 saturated carbocycles. The summed E-state index contributed by atoms with van der Waals surface area (Å²) >= 11 is 0. The minimum absolute atomic E-state index is 0.183. The van der Waals surface area contributed by atoms with Crippen LogP contribution in [0.25, 0.3) is 5.65 Å². The quantitative estimate of drug-likeness (QED) is 0.636. The maximum Gasteiger partial charge on any atom is 0.257 e.